The monoisotopic (exact) mass is 230 g/mol. The normalized spacial score (nSPS) is 9.80. The van der Waals surface area contributed by atoms with Crippen LogP contribution in [0.15, 0.2) is 18.2 Å². The highest BCUT2D eigenvalue weighted by Gasteiger charge is 2.16. The Bertz CT molecular complexity index is 404. The predicted octanol–water partition coefficient (Wildman–Crippen LogP) is 2.65. The lowest BCUT2D eigenvalue weighted by molar-refractivity contribution is -0.182. The summed E-state index contributed by atoms with van der Waals surface area (Å²) in [6, 6.07) is 4.76. The third kappa shape index (κ3) is 3.02. The maximum atomic E-state index is 11.4. The largest absolute Gasteiger partial charge is 0.356 e. The molecule has 0 saturated carbocycles. The number of Topliss-reactive ketones (excluding diaryl/α,β-unsaturated/α-hetero) is 1. The zero-order valence-electron chi connectivity index (χ0n) is 7.92. The fourth-order valence-electron chi connectivity index (χ4n) is 1.10. The van der Waals surface area contributed by atoms with Crippen LogP contribution in [0.1, 0.15) is 22.3 Å². The molecule has 0 aromatic heterocycles. The summed E-state index contributed by atoms with van der Waals surface area (Å²) in [7, 11) is 0. The molecule has 0 aliphatic carbocycles. The molecular formula is C10H8ClFO3. The van der Waals surface area contributed by atoms with Crippen LogP contribution in [0, 0.1) is 6.92 Å². The highest BCUT2D eigenvalue weighted by molar-refractivity contribution is 6.34. The van der Waals surface area contributed by atoms with Crippen LogP contribution in [-0.2, 0) is 9.74 Å². The van der Waals surface area contributed by atoms with Gasteiger partial charge < -0.3 is 0 Å². The maximum absolute atomic E-state index is 11.4. The standard InChI is InChI=1S/C10H8ClFO3/c1-6-2-3-7(8(11)4-6)9(13)5-10(14)15-12/h2-4H,5H2,1H3. The average Bonchev–Trinajstić information content (AvgIpc) is 2.17. The van der Waals surface area contributed by atoms with Crippen molar-refractivity contribution in [3.63, 3.8) is 0 Å². The third-order valence-electron chi connectivity index (χ3n) is 1.82. The minimum atomic E-state index is -1.23. The number of rotatable bonds is 3. The Balaban J connectivity index is 2.87. The van der Waals surface area contributed by atoms with Gasteiger partial charge in [-0.25, -0.2) is 4.79 Å². The molecule has 0 aliphatic rings. The second-order valence-electron chi connectivity index (χ2n) is 3.03. The van der Waals surface area contributed by atoms with Crippen molar-refractivity contribution in [3.05, 3.63) is 34.3 Å². The van der Waals surface area contributed by atoms with Crippen LogP contribution in [-0.4, -0.2) is 11.8 Å². The number of hydrogen-bond donors (Lipinski definition) is 0. The van der Waals surface area contributed by atoms with Crippen LogP contribution in [0.25, 0.3) is 0 Å². The smallest absolute Gasteiger partial charge is 0.293 e. The first-order valence-corrected chi connectivity index (χ1v) is 4.53. The fourth-order valence-corrected chi connectivity index (χ4v) is 1.44. The minimum absolute atomic E-state index is 0.188. The van der Waals surface area contributed by atoms with Crippen molar-refractivity contribution in [1.29, 1.82) is 0 Å². The maximum Gasteiger partial charge on any atom is 0.356 e. The van der Waals surface area contributed by atoms with Crippen molar-refractivity contribution in [2.75, 3.05) is 0 Å². The van der Waals surface area contributed by atoms with Gasteiger partial charge in [0.1, 0.15) is 6.42 Å². The average molecular weight is 231 g/mol. The lowest BCUT2D eigenvalue weighted by Crippen LogP contribution is -2.08. The van der Waals surface area contributed by atoms with Gasteiger partial charge in [0.2, 0.25) is 0 Å². The lowest BCUT2D eigenvalue weighted by atomic mass is 10.1. The molecule has 1 rings (SSSR count). The van der Waals surface area contributed by atoms with E-state index in [1.165, 1.54) is 6.07 Å². The summed E-state index contributed by atoms with van der Waals surface area (Å²) in [6.07, 6.45) is -0.653. The summed E-state index contributed by atoms with van der Waals surface area (Å²) >= 11 is 5.78. The van der Waals surface area contributed by atoms with Gasteiger partial charge in [0, 0.05) is 10.1 Å². The number of ketones is 1. The van der Waals surface area contributed by atoms with Gasteiger partial charge in [-0.1, -0.05) is 17.7 Å². The first-order chi connectivity index (χ1) is 7.04. The minimum Gasteiger partial charge on any atom is -0.293 e. The van der Waals surface area contributed by atoms with Crippen molar-refractivity contribution < 1.29 is 19.1 Å². The molecule has 1 aromatic rings. The molecule has 0 aliphatic heterocycles. The lowest BCUT2D eigenvalue weighted by Gasteiger charge is -2.02. The molecule has 0 saturated heterocycles. The summed E-state index contributed by atoms with van der Waals surface area (Å²) in [5.41, 5.74) is 1.08. The van der Waals surface area contributed by atoms with E-state index in [0.717, 1.165) is 5.56 Å². The predicted molar refractivity (Wildman–Crippen MR) is 52.3 cm³/mol. The molecule has 3 nitrogen and oxygen atoms in total. The Morgan fingerprint density at radius 2 is 2.13 bits per heavy atom. The van der Waals surface area contributed by atoms with E-state index in [1.807, 2.05) is 6.92 Å². The molecule has 0 spiro atoms. The first kappa shape index (κ1) is 11.7. The van der Waals surface area contributed by atoms with Crippen molar-refractivity contribution >= 4 is 23.4 Å². The van der Waals surface area contributed by atoms with Gasteiger partial charge in [-0.15, -0.1) is 0 Å². The molecule has 15 heavy (non-hydrogen) atoms. The van der Waals surface area contributed by atoms with E-state index in [9.17, 15) is 14.1 Å². The highest BCUT2D eigenvalue weighted by Crippen LogP contribution is 2.19. The van der Waals surface area contributed by atoms with Gasteiger partial charge in [-0.2, -0.15) is 0 Å². The number of halogens is 2. The van der Waals surface area contributed by atoms with E-state index in [1.54, 1.807) is 12.1 Å². The molecule has 0 heterocycles. The van der Waals surface area contributed by atoms with Gasteiger partial charge >= 0.3 is 5.97 Å². The summed E-state index contributed by atoms with van der Waals surface area (Å²) < 4.78 is 11.4. The molecule has 0 N–H and O–H groups in total. The van der Waals surface area contributed by atoms with Crippen LogP contribution >= 0.6 is 11.6 Å². The molecule has 0 bridgehead atoms. The van der Waals surface area contributed by atoms with Crippen molar-refractivity contribution in [1.82, 2.24) is 0 Å². The van der Waals surface area contributed by atoms with Crippen molar-refractivity contribution in [2.24, 2.45) is 0 Å². The highest BCUT2D eigenvalue weighted by atomic mass is 35.5. The third-order valence-corrected chi connectivity index (χ3v) is 2.13. The van der Waals surface area contributed by atoms with Crippen LogP contribution in [0.2, 0.25) is 5.02 Å². The van der Waals surface area contributed by atoms with Crippen molar-refractivity contribution in [3.8, 4) is 0 Å². The molecule has 0 unspecified atom stereocenters. The van der Waals surface area contributed by atoms with Crippen LogP contribution in [0.5, 0.6) is 0 Å². The quantitative estimate of drug-likeness (QED) is 0.592. The number of hydrogen-bond acceptors (Lipinski definition) is 3. The molecule has 0 radical (unpaired) electrons. The zero-order chi connectivity index (χ0) is 11.4. The number of benzene rings is 1. The fraction of sp³-hybridized carbons (Fsp3) is 0.200. The molecule has 0 fully saturated rings. The first-order valence-electron chi connectivity index (χ1n) is 4.15. The van der Waals surface area contributed by atoms with E-state index in [0.29, 0.717) is 0 Å². The van der Waals surface area contributed by atoms with Gasteiger partial charge in [0.05, 0.1) is 5.02 Å². The number of aryl methyl sites for hydroxylation is 1. The topological polar surface area (TPSA) is 43.4 Å². The number of carbonyl (C=O) groups excluding carboxylic acids is 2. The van der Waals surface area contributed by atoms with Gasteiger partial charge in [0.25, 0.3) is 0 Å². The molecule has 0 atom stereocenters. The summed E-state index contributed by atoms with van der Waals surface area (Å²) in [6.45, 7) is 1.82. The van der Waals surface area contributed by atoms with E-state index < -0.39 is 18.2 Å². The van der Waals surface area contributed by atoms with Gasteiger partial charge in [-0.05, 0) is 24.6 Å². The van der Waals surface area contributed by atoms with Crippen LogP contribution < -0.4 is 0 Å². The van der Waals surface area contributed by atoms with E-state index >= 15 is 0 Å². The van der Waals surface area contributed by atoms with E-state index in [2.05, 4.69) is 4.94 Å². The molecular weight excluding hydrogens is 223 g/mol. The Kier molecular flexibility index (Phi) is 3.80. The summed E-state index contributed by atoms with van der Waals surface area (Å²) in [5.74, 6) is -1.79. The van der Waals surface area contributed by atoms with E-state index in [-0.39, 0.29) is 10.6 Å². The second kappa shape index (κ2) is 4.89. The Hall–Kier alpha value is -1.42. The van der Waals surface area contributed by atoms with Gasteiger partial charge in [0.15, 0.2) is 5.78 Å². The summed E-state index contributed by atoms with van der Waals surface area (Å²) in [4.78, 5) is 24.8. The number of carbonyl (C=O) groups is 2. The molecule has 5 heteroatoms. The zero-order valence-corrected chi connectivity index (χ0v) is 8.68. The van der Waals surface area contributed by atoms with Crippen molar-refractivity contribution in [2.45, 2.75) is 13.3 Å². The molecule has 1 aromatic carbocycles. The SMILES string of the molecule is Cc1ccc(C(=O)CC(=O)OF)c(Cl)c1. The molecule has 0 amide bonds. The van der Waals surface area contributed by atoms with Gasteiger partial charge in [-0.3, -0.25) is 9.74 Å². The van der Waals surface area contributed by atoms with Crippen LogP contribution in [0.3, 0.4) is 0 Å². The molecule has 80 valence electrons. The summed E-state index contributed by atoms with van der Waals surface area (Å²) in [5, 5.41) is 0.242. The Morgan fingerprint density at radius 1 is 1.47 bits per heavy atom. The Morgan fingerprint density at radius 3 is 2.67 bits per heavy atom. The van der Waals surface area contributed by atoms with E-state index in [4.69, 9.17) is 11.6 Å². The van der Waals surface area contributed by atoms with Crippen LogP contribution in [0.4, 0.5) is 4.53 Å². The Labute approximate surface area is 90.7 Å². The second-order valence-corrected chi connectivity index (χ2v) is 3.44.